The van der Waals surface area contributed by atoms with E-state index in [1.165, 1.54) is 11.1 Å². The lowest BCUT2D eigenvalue weighted by Gasteiger charge is -2.36. The second-order valence-corrected chi connectivity index (χ2v) is 5.58. The number of piperidine rings is 1. The van der Waals surface area contributed by atoms with E-state index in [0.29, 0.717) is 5.92 Å². The van der Waals surface area contributed by atoms with Gasteiger partial charge in [0.1, 0.15) is 0 Å². The highest BCUT2D eigenvalue weighted by atomic mass is 35.5. The Labute approximate surface area is 120 Å². The lowest BCUT2D eigenvalue weighted by molar-refractivity contribution is -0.129. The van der Waals surface area contributed by atoms with Gasteiger partial charge in [-0.05, 0) is 38.4 Å². The van der Waals surface area contributed by atoms with Crippen molar-refractivity contribution in [3.8, 4) is 0 Å². The molecule has 19 heavy (non-hydrogen) atoms. The number of hydrogen-bond donors (Lipinski definition) is 2. The fraction of sp³-hybridized carbons (Fsp3) is 0.533. The first-order chi connectivity index (χ1) is 8.72. The molecule has 3 nitrogen and oxygen atoms in total. The summed E-state index contributed by atoms with van der Waals surface area (Å²) in [6.07, 6.45) is 1.91. The Hall–Kier alpha value is -1.06. The molecule has 1 unspecified atom stereocenters. The van der Waals surface area contributed by atoms with Gasteiger partial charge in [-0.25, -0.2) is 0 Å². The highest BCUT2D eigenvalue weighted by Crippen LogP contribution is 2.46. The van der Waals surface area contributed by atoms with Gasteiger partial charge in [-0.15, -0.1) is 12.4 Å². The van der Waals surface area contributed by atoms with Crippen LogP contribution in [0.25, 0.3) is 0 Å². The number of aryl methyl sites for hydroxylation is 1. The minimum atomic E-state index is -0.168. The summed E-state index contributed by atoms with van der Waals surface area (Å²) in [6.45, 7) is 4.82. The zero-order valence-corrected chi connectivity index (χ0v) is 12.1. The third kappa shape index (κ3) is 2.37. The van der Waals surface area contributed by atoms with Crippen LogP contribution in [0.4, 0.5) is 0 Å². The Kier molecular flexibility index (Phi) is 4.16. The molecule has 0 saturated carbocycles. The third-order valence-corrected chi connectivity index (χ3v) is 4.53. The van der Waals surface area contributed by atoms with Gasteiger partial charge in [-0.1, -0.05) is 29.8 Å². The van der Waals surface area contributed by atoms with Gasteiger partial charge in [0.25, 0.3) is 0 Å². The summed E-state index contributed by atoms with van der Waals surface area (Å²) >= 11 is 0. The van der Waals surface area contributed by atoms with Gasteiger partial charge in [-0.3, -0.25) is 4.79 Å². The molecule has 3 rings (SSSR count). The van der Waals surface area contributed by atoms with Crippen molar-refractivity contribution in [3.05, 3.63) is 35.4 Å². The van der Waals surface area contributed by atoms with Gasteiger partial charge in [0.05, 0.1) is 5.41 Å². The van der Waals surface area contributed by atoms with Crippen LogP contribution in [-0.4, -0.2) is 25.5 Å². The van der Waals surface area contributed by atoms with Gasteiger partial charge in [0, 0.05) is 12.5 Å². The molecule has 1 spiro atoms. The number of carbonyl (C=O) groups excluding carboxylic acids is 1. The Morgan fingerprint density at radius 1 is 1.26 bits per heavy atom. The first-order valence-corrected chi connectivity index (χ1v) is 6.78. The molecule has 104 valence electrons. The molecule has 2 aliphatic heterocycles. The van der Waals surface area contributed by atoms with E-state index in [9.17, 15) is 4.79 Å². The average molecular weight is 281 g/mol. The van der Waals surface area contributed by atoms with E-state index in [0.717, 1.165) is 32.5 Å². The second-order valence-electron chi connectivity index (χ2n) is 5.58. The summed E-state index contributed by atoms with van der Waals surface area (Å²) in [5.41, 5.74) is 2.42. The minimum Gasteiger partial charge on any atom is -0.355 e. The van der Waals surface area contributed by atoms with Crippen molar-refractivity contribution in [2.75, 3.05) is 19.6 Å². The van der Waals surface area contributed by atoms with Crippen molar-refractivity contribution >= 4 is 18.3 Å². The molecule has 2 N–H and O–H groups in total. The topological polar surface area (TPSA) is 41.1 Å². The number of carbonyl (C=O) groups is 1. The lowest BCUT2D eigenvalue weighted by atomic mass is 9.68. The molecule has 0 aliphatic carbocycles. The summed E-state index contributed by atoms with van der Waals surface area (Å²) in [6, 6.07) is 8.61. The first-order valence-electron chi connectivity index (χ1n) is 6.78. The van der Waals surface area contributed by atoms with Gasteiger partial charge >= 0.3 is 0 Å². The Balaban J connectivity index is 0.00000133. The fourth-order valence-electron chi connectivity index (χ4n) is 3.50. The molecule has 1 aromatic rings. The fourth-order valence-corrected chi connectivity index (χ4v) is 3.50. The van der Waals surface area contributed by atoms with E-state index in [1.54, 1.807) is 0 Å². The van der Waals surface area contributed by atoms with Crippen molar-refractivity contribution in [1.82, 2.24) is 10.6 Å². The van der Waals surface area contributed by atoms with Crippen LogP contribution in [0.5, 0.6) is 0 Å². The first kappa shape index (κ1) is 14.4. The SMILES string of the molecule is Cc1cccc(C2CNC(=O)C23CCNCC3)c1.Cl. The van der Waals surface area contributed by atoms with E-state index in [2.05, 4.69) is 41.8 Å². The lowest BCUT2D eigenvalue weighted by Crippen LogP contribution is -2.44. The van der Waals surface area contributed by atoms with Gasteiger partial charge in [-0.2, -0.15) is 0 Å². The summed E-state index contributed by atoms with van der Waals surface area (Å²) < 4.78 is 0. The quantitative estimate of drug-likeness (QED) is 0.826. The maximum atomic E-state index is 12.3. The molecular formula is C15H21ClN2O. The van der Waals surface area contributed by atoms with E-state index in [4.69, 9.17) is 0 Å². The summed E-state index contributed by atoms with van der Waals surface area (Å²) in [5.74, 6) is 0.600. The Morgan fingerprint density at radius 2 is 2.00 bits per heavy atom. The van der Waals surface area contributed by atoms with Gasteiger partial charge in [0.2, 0.25) is 5.91 Å². The smallest absolute Gasteiger partial charge is 0.227 e. The maximum absolute atomic E-state index is 12.3. The normalized spacial score (nSPS) is 24.9. The number of benzene rings is 1. The van der Waals surface area contributed by atoms with Crippen LogP contribution in [0.1, 0.15) is 29.9 Å². The highest BCUT2D eigenvalue weighted by molar-refractivity contribution is 5.86. The number of rotatable bonds is 1. The predicted molar refractivity (Wildman–Crippen MR) is 78.7 cm³/mol. The molecule has 2 fully saturated rings. The molecule has 0 radical (unpaired) electrons. The zero-order valence-electron chi connectivity index (χ0n) is 11.2. The van der Waals surface area contributed by atoms with Crippen LogP contribution in [0.2, 0.25) is 0 Å². The standard InChI is InChI=1S/C15H20N2O.ClH/c1-11-3-2-4-12(9-11)13-10-17-14(18)15(13)5-7-16-8-6-15;/h2-4,9,13,16H,5-8,10H2,1H3,(H,17,18);1H. The van der Waals surface area contributed by atoms with Crippen LogP contribution in [0.15, 0.2) is 24.3 Å². The van der Waals surface area contributed by atoms with E-state index >= 15 is 0 Å². The van der Waals surface area contributed by atoms with Crippen LogP contribution in [0.3, 0.4) is 0 Å². The van der Waals surface area contributed by atoms with Gasteiger partial charge in [0.15, 0.2) is 0 Å². The van der Waals surface area contributed by atoms with Gasteiger partial charge < -0.3 is 10.6 Å². The number of nitrogens with one attached hydrogen (secondary N) is 2. The highest BCUT2D eigenvalue weighted by Gasteiger charge is 2.50. The van der Waals surface area contributed by atoms with Crippen LogP contribution in [-0.2, 0) is 4.79 Å². The van der Waals surface area contributed by atoms with Crippen LogP contribution < -0.4 is 10.6 Å². The van der Waals surface area contributed by atoms with Crippen molar-refractivity contribution in [2.45, 2.75) is 25.7 Å². The number of hydrogen-bond acceptors (Lipinski definition) is 2. The monoisotopic (exact) mass is 280 g/mol. The second kappa shape index (κ2) is 5.51. The Morgan fingerprint density at radius 3 is 2.68 bits per heavy atom. The average Bonchev–Trinajstić information content (AvgIpc) is 2.68. The maximum Gasteiger partial charge on any atom is 0.227 e. The summed E-state index contributed by atoms with van der Waals surface area (Å²) in [7, 11) is 0. The van der Waals surface area contributed by atoms with Crippen molar-refractivity contribution in [1.29, 1.82) is 0 Å². The number of amides is 1. The van der Waals surface area contributed by atoms with Crippen molar-refractivity contribution in [3.63, 3.8) is 0 Å². The van der Waals surface area contributed by atoms with Crippen LogP contribution >= 0.6 is 12.4 Å². The Bertz CT molecular complexity index is 469. The largest absolute Gasteiger partial charge is 0.355 e. The predicted octanol–water partition coefficient (Wildman–Crippen LogP) is 2.00. The van der Waals surface area contributed by atoms with E-state index in [1.807, 2.05) is 0 Å². The molecule has 1 atom stereocenters. The summed E-state index contributed by atoms with van der Waals surface area (Å²) in [4.78, 5) is 12.3. The summed E-state index contributed by atoms with van der Waals surface area (Å²) in [5, 5.41) is 6.44. The number of halogens is 1. The van der Waals surface area contributed by atoms with Crippen LogP contribution in [0, 0.1) is 12.3 Å². The molecule has 0 bridgehead atoms. The molecule has 2 saturated heterocycles. The molecule has 2 aliphatic rings. The molecule has 1 amide bonds. The molecule has 0 aromatic heterocycles. The molecule has 2 heterocycles. The zero-order chi connectivity index (χ0) is 12.6. The third-order valence-electron chi connectivity index (χ3n) is 4.53. The van der Waals surface area contributed by atoms with Crippen molar-refractivity contribution < 1.29 is 4.79 Å². The minimum absolute atomic E-state index is 0. The van der Waals surface area contributed by atoms with E-state index in [-0.39, 0.29) is 23.7 Å². The molecule has 1 aromatic carbocycles. The molecular weight excluding hydrogens is 260 g/mol. The van der Waals surface area contributed by atoms with E-state index < -0.39 is 0 Å². The molecule has 4 heteroatoms. The van der Waals surface area contributed by atoms with Crippen molar-refractivity contribution in [2.24, 2.45) is 5.41 Å².